The van der Waals surface area contributed by atoms with E-state index in [1.54, 1.807) is 37.7 Å². The summed E-state index contributed by atoms with van der Waals surface area (Å²) in [5.41, 5.74) is 2.84. The fraction of sp³-hybridized carbons (Fsp3) is 0.185. The van der Waals surface area contributed by atoms with Gasteiger partial charge in [0.25, 0.3) is 5.91 Å². The van der Waals surface area contributed by atoms with Crippen LogP contribution in [0.2, 0.25) is 0 Å². The molecule has 0 radical (unpaired) electrons. The van der Waals surface area contributed by atoms with E-state index in [2.05, 4.69) is 15.2 Å². The molecule has 4 rings (SSSR count). The fourth-order valence-corrected chi connectivity index (χ4v) is 3.63. The highest BCUT2D eigenvalue weighted by Gasteiger charge is 2.15. The first-order valence-electron chi connectivity index (χ1n) is 10.9. The van der Waals surface area contributed by atoms with Gasteiger partial charge in [0.2, 0.25) is 0 Å². The maximum atomic E-state index is 13.7. The van der Waals surface area contributed by atoms with Gasteiger partial charge in [0.1, 0.15) is 17.3 Å². The van der Waals surface area contributed by atoms with Gasteiger partial charge in [-0.05, 0) is 59.2 Å². The van der Waals surface area contributed by atoms with Crippen LogP contribution in [0.15, 0.2) is 89.6 Å². The Bertz CT molecular complexity index is 1210. The molecular weight excluding hydrogens is 433 g/mol. The molecule has 0 bridgehead atoms. The van der Waals surface area contributed by atoms with Crippen LogP contribution in [-0.2, 0) is 26.2 Å². The molecule has 2 heterocycles. The zero-order chi connectivity index (χ0) is 23.8. The molecule has 0 saturated carbocycles. The summed E-state index contributed by atoms with van der Waals surface area (Å²) in [5, 5.41) is 2.84. The topological polar surface area (TPSA) is 67.6 Å². The van der Waals surface area contributed by atoms with E-state index in [9.17, 15) is 9.18 Å². The maximum absolute atomic E-state index is 13.7. The summed E-state index contributed by atoms with van der Waals surface area (Å²) in [6, 6.07) is 21.5. The molecule has 4 aromatic rings. The zero-order valence-electron chi connectivity index (χ0n) is 18.9. The Kier molecular flexibility index (Phi) is 7.67. The lowest BCUT2D eigenvalue weighted by molar-refractivity contribution is 0.0918. The third-order valence-corrected chi connectivity index (χ3v) is 5.30. The number of ether oxygens (including phenoxy) is 1. The molecule has 2 aromatic carbocycles. The van der Waals surface area contributed by atoms with Crippen molar-refractivity contribution in [1.29, 1.82) is 0 Å². The first-order chi connectivity index (χ1) is 16.6. The normalized spacial score (nSPS) is 10.9. The number of rotatable bonds is 10. The zero-order valence-corrected chi connectivity index (χ0v) is 18.9. The van der Waals surface area contributed by atoms with Crippen molar-refractivity contribution in [2.24, 2.45) is 0 Å². The minimum absolute atomic E-state index is 0.244. The van der Waals surface area contributed by atoms with Gasteiger partial charge in [-0.15, -0.1) is 0 Å². The summed E-state index contributed by atoms with van der Waals surface area (Å²) in [7, 11) is 1.63. The Balaban J connectivity index is 1.44. The molecule has 2 aromatic heterocycles. The molecule has 0 saturated heterocycles. The van der Waals surface area contributed by atoms with Crippen LogP contribution in [0.1, 0.15) is 33.0 Å². The lowest BCUT2D eigenvalue weighted by atomic mass is 10.1. The summed E-state index contributed by atoms with van der Waals surface area (Å²) in [5.74, 6) is 1.12. The molecule has 0 fully saturated rings. The van der Waals surface area contributed by atoms with Gasteiger partial charge in [-0.25, -0.2) is 4.39 Å². The molecule has 34 heavy (non-hydrogen) atoms. The minimum Gasteiger partial charge on any atom is -0.497 e. The second-order valence-electron chi connectivity index (χ2n) is 7.93. The van der Waals surface area contributed by atoms with Crippen molar-refractivity contribution in [3.63, 3.8) is 0 Å². The largest absolute Gasteiger partial charge is 0.497 e. The average molecular weight is 460 g/mol. The number of hydrogen-bond donors (Lipinski definition) is 1. The molecule has 0 unspecified atom stereocenters. The molecule has 7 heteroatoms. The number of pyridine rings is 1. The molecule has 0 aliphatic carbocycles. The number of benzene rings is 2. The Hall–Kier alpha value is -3.97. The summed E-state index contributed by atoms with van der Waals surface area (Å²) < 4.78 is 24.8. The number of carbonyl (C=O) groups excluding carboxylic acids is 1. The van der Waals surface area contributed by atoms with Crippen LogP contribution >= 0.6 is 0 Å². The Morgan fingerprint density at radius 2 is 1.76 bits per heavy atom. The van der Waals surface area contributed by atoms with Crippen LogP contribution in [0, 0.1) is 5.82 Å². The van der Waals surface area contributed by atoms with Gasteiger partial charge in [0.15, 0.2) is 5.76 Å². The van der Waals surface area contributed by atoms with Gasteiger partial charge < -0.3 is 14.5 Å². The van der Waals surface area contributed by atoms with Gasteiger partial charge in [-0.2, -0.15) is 0 Å². The van der Waals surface area contributed by atoms with E-state index in [1.807, 2.05) is 42.5 Å². The van der Waals surface area contributed by atoms with Crippen molar-refractivity contribution < 1.29 is 18.3 Å². The summed E-state index contributed by atoms with van der Waals surface area (Å²) >= 11 is 0. The van der Waals surface area contributed by atoms with Crippen molar-refractivity contribution >= 4 is 5.91 Å². The van der Waals surface area contributed by atoms with E-state index in [0.717, 1.165) is 22.4 Å². The molecule has 0 aliphatic rings. The molecule has 6 nitrogen and oxygen atoms in total. The van der Waals surface area contributed by atoms with E-state index < -0.39 is 0 Å². The molecule has 0 atom stereocenters. The van der Waals surface area contributed by atoms with Crippen molar-refractivity contribution in [3.05, 3.63) is 119 Å². The Morgan fingerprint density at radius 3 is 2.50 bits per heavy atom. The molecule has 174 valence electrons. The molecule has 1 amide bonds. The monoisotopic (exact) mass is 459 g/mol. The highest BCUT2D eigenvalue weighted by Crippen LogP contribution is 2.19. The van der Waals surface area contributed by atoms with Crippen molar-refractivity contribution in [2.75, 3.05) is 7.11 Å². The number of nitrogens with one attached hydrogen (secondary N) is 1. The summed E-state index contributed by atoms with van der Waals surface area (Å²) in [4.78, 5) is 18.7. The lowest BCUT2D eigenvalue weighted by Crippen LogP contribution is -2.23. The quantitative estimate of drug-likeness (QED) is 0.363. The van der Waals surface area contributed by atoms with Gasteiger partial charge in [0, 0.05) is 32.0 Å². The van der Waals surface area contributed by atoms with Crippen LogP contribution in [0.5, 0.6) is 5.75 Å². The minimum atomic E-state index is -0.290. The number of aromatic nitrogens is 1. The van der Waals surface area contributed by atoms with Crippen LogP contribution < -0.4 is 10.1 Å². The van der Waals surface area contributed by atoms with Gasteiger partial charge >= 0.3 is 0 Å². The number of hydrogen-bond acceptors (Lipinski definition) is 5. The summed E-state index contributed by atoms with van der Waals surface area (Å²) in [6.07, 6.45) is 3.39. The van der Waals surface area contributed by atoms with Crippen LogP contribution in [0.4, 0.5) is 4.39 Å². The van der Waals surface area contributed by atoms with E-state index in [0.29, 0.717) is 31.9 Å². The third kappa shape index (κ3) is 6.52. The van der Waals surface area contributed by atoms with Crippen molar-refractivity contribution in [2.45, 2.75) is 26.2 Å². The smallest absolute Gasteiger partial charge is 0.287 e. The SMILES string of the molecule is COc1ccc(CN(Cc2cccc(F)c2)Cc2ccc(C(=O)NCc3cccnc3)o2)cc1. The number of amides is 1. The van der Waals surface area contributed by atoms with E-state index in [1.165, 1.54) is 12.1 Å². The second kappa shape index (κ2) is 11.2. The van der Waals surface area contributed by atoms with Crippen molar-refractivity contribution in [3.8, 4) is 5.75 Å². The number of nitrogens with zero attached hydrogens (tertiary/aromatic N) is 2. The summed E-state index contributed by atoms with van der Waals surface area (Å²) in [6.45, 7) is 1.96. The predicted molar refractivity (Wildman–Crippen MR) is 126 cm³/mol. The van der Waals surface area contributed by atoms with E-state index >= 15 is 0 Å². The number of carbonyl (C=O) groups is 1. The lowest BCUT2D eigenvalue weighted by Gasteiger charge is -2.22. The van der Waals surface area contributed by atoms with E-state index in [4.69, 9.17) is 9.15 Å². The molecule has 0 spiro atoms. The Labute approximate surface area is 198 Å². The number of furan rings is 1. The van der Waals surface area contributed by atoms with Gasteiger partial charge in [-0.3, -0.25) is 14.7 Å². The molecule has 0 aliphatic heterocycles. The Morgan fingerprint density at radius 1 is 0.971 bits per heavy atom. The number of methoxy groups -OCH3 is 1. The average Bonchev–Trinajstić information content (AvgIpc) is 3.32. The van der Waals surface area contributed by atoms with Crippen LogP contribution in [0.25, 0.3) is 0 Å². The fourth-order valence-electron chi connectivity index (χ4n) is 3.63. The highest BCUT2D eigenvalue weighted by atomic mass is 19.1. The van der Waals surface area contributed by atoms with Gasteiger partial charge in [-0.1, -0.05) is 30.3 Å². The predicted octanol–water partition coefficient (Wildman–Crippen LogP) is 4.95. The van der Waals surface area contributed by atoms with Crippen molar-refractivity contribution in [1.82, 2.24) is 15.2 Å². The van der Waals surface area contributed by atoms with Gasteiger partial charge in [0.05, 0.1) is 13.7 Å². The second-order valence-corrected chi connectivity index (χ2v) is 7.93. The maximum Gasteiger partial charge on any atom is 0.287 e. The first kappa shape index (κ1) is 23.2. The van der Waals surface area contributed by atoms with Crippen LogP contribution in [0.3, 0.4) is 0 Å². The molecule has 1 N–H and O–H groups in total. The third-order valence-electron chi connectivity index (χ3n) is 5.30. The van der Waals surface area contributed by atoms with E-state index in [-0.39, 0.29) is 17.5 Å². The molecular formula is C27H26FN3O3. The number of halogens is 1. The highest BCUT2D eigenvalue weighted by molar-refractivity contribution is 5.91. The van der Waals surface area contributed by atoms with Crippen LogP contribution in [-0.4, -0.2) is 22.9 Å². The first-order valence-corrected chi connectivity index (χ1v) is 10.9. The standard InChI is InChI=1S/C27H26FN3O3/c1-33-24-9-7-20(8-10-24)17-31(18-21-4-2-6-23(28)14-21)19-25-11-12-26(34-25)27(32)30-16-22-5-3-13-29-15-22/h2-15H,16-19H2,1H3,(H,30,32).